The Labute approximate surface area is 211 Å². The highest BCUT2D eigenvalue weighted by molar-refractivity contribution is 5.83. The molecular formula is C27H36N6O3. The summed E-state index contributed by atoms with van der Waals surface area (Å²) < 4.78 is 7.02. The summed E-state index contributed by atoms with van der Waals surface area (Å²) in [6, 6.07) is 7.04. The second-order valence-electron chi connectivity index (χ2n) is 10.0. The molecule has 3 aromatic rings. The van der Waals surface area contributed by atoms with Crippen LogP contribution in [0.25, 0.3) is 10.9 Å². The van der Waals surface area contributed by atoms with E-state index in [9.17, 15) is 9.59 Å². The predicted molar refractivity (Wildman–Crippen MR) is 140 cm³/mol. The maximum Gasteiger partial charge on any atom is 0.293 e. The summed E-state index contributed by atoms with van der Waals surface area (Å²) in [6.07, 6.45) is 8.06. The van der Waals surface area contributed by atoms with Crippen LogP contribution in [0.15, 0.2) is 35.4 Å². The molecule has 1 atom stereocenters. The summed E-state index contributed by atoms with van der Waals surface area (Å²) in [5.41, 5.74) is 3.67. The van der Waals surface area contributed by atoms with Gasteiger partial charge < -0.3 is 20.4 Å². The van der Waals surface area contributed by atoms with Crippen LogP contribution >= 0.6 is 0 Å². The van der Waals surface area contributed by atoms with Gasteiger partial charge in [0.1, 0.15) is 6.54 Å². The molecule has 0 unspecified atom stereocenters. The van der Waals surface area contributed by atoms with E-state index in [-0.39, 0.29) is 18.0 Å². The van der Waals surface area contributed by atoms with E-state index in [0.29, 0.717) is 36.7 Å². The van der Waals surface area contributed by atoms with E-state index in [1.807, 2.05) is 18.3 Å². The molecule has 2 aliphatic rings. The van der Waals surface area contributed by atoms with Gasteiger partial charge in [0.05, 0.1) is 0 Å². The van der Waals surface area contributed by atoms with Gasteiger partial charge in [0.2, 0.25) is 5.91 Å². The highest BCUT2D eigenvalue weighted by Gasteiger charge is 2.31. The van der Waals surface area contributed by atoms with E-state index in [4.69, 9.17) is 4.74 Å². The first-order valence-corrected chi connectivity index (χ1v) is 13.0. The maximum atomic E-state index is 13.2. The first-order chi connectivity index (χ1) is 17.5. The third-order valence-electron chi connectivity index (χ3n) is 7.59. The number of hydrogen-bond donors (Lipinski definition) is 3. The molecule has 1 aromatic carbocycles. The second-order valence-corrected chi connectivity index (χ2v) is 10.0. The van der Waals surface area contributed by atoms with Crippen molar-refractivity contribution in [2.45, 2.75) is 64.7 Å². The van der Waals surface area contributed by atoms with Gasteiger partial charge in [-0.2, -0.15) is 0 Å². The van der Waals surface area contributed by atoms with E-state index in [0.717, 1.165) is 55.5 Å². The molecule has 5 rings (SSSR count). The van der Waals surface area contributed by atoms with Crippen molar-refractivity contribution < 1.29 is 9.53 Å². The van der Waals surface area contributed by atoms with Crippen LogP contribution in [-0.2, 0) is 22.6 Å². The number of benzene rings is 1. The predicted octanol–water partition coefficient (Wildman–Crippen LogP) is 2.71. The molecule has 192 valence electrons. The van der Waals surface area contributed by atoms with Crippen molar-refractivity contribution in [3.63, 3.8) is 0 Å². The Balaban J connectivity index is 1.20. The monoisotopic (exact) mass is 492 g/mol. The maximum absolute atomic E-state index is 13.2. The summed E-state index contributed by atoms with van der Waals surface area (Å²) in [5.74, 6) is 0.102. The number of anilines is 1. The molecule has 4 heterocycles. The molecular weight excluding hydrogens is 456 g/mol. The van der Waals surface area contributed by atoms with E-state index in [2.05, 4.69) is 38.5 Å². The van der Waals surface area contributed by atoms with Gasteiger partial charge >= 0.3 is 0 Å². The van der Waals surface area contributed by atoms with Crippen LogP contribution < -0.4 is 16.2 Å². The van der Waals surface area contributed by atoms with E-state index in [1.165, 1.54) is 16.6 Å². The lowest BCUT2D eigenvalue weighted by molar-refractivity contribution is -0.121. The standard InChI is InChI=1S/C27H36N6O3/c1-18-13-28-24-6-5-20(12-23(18)24)15-29-25(34)17-33-19(2)14-30-26(27(33)35)31-16-22-4-3-9-32(22)21-7-10-36-11-8-21/h5-6,12-14,21-22,28H,3-4,7-11,15-17H2,1-2H3,(H,29,34)(H,30,31)/t22-/m1/s1. The molecule has 9 nitrogen and oxygen atoms in total. The minimum Gasteiger partial charge on any atom is -0.381 e. The quantitative estimate of drug-likeness (QED) is 0.447. The lowest BCUT2D eigenvalue weighted by Gasteiger charge is -2.35. The Morgan fingerprint density at radius 1 is 1.22 bits per heavy atom. The van der Waals surface area contributed by atoms with Gasteiger partial charge in [0.25, 0.3) is 5.56 Å². The fourth-order valence-corrected chi connectivity index (χ4v) is 5.50. The number of aryl methyl sites for hydroxylation is 2. The number of likely N-dealkylation sites (tertiary alicyclic amines) is 1. The van der Waals surface area contributed by atoms with Crippen LogP contribution in [0.4, 0.5) is 5.82 Å². The molecule has 0 saturated carbocycles. The van der Waals surface area contributed by atoms with Crippen LogP contribution in [0, 0.1) is 13.8 Å². The summed E-state index contributed by atoms with van der Waals surface area (Å²) >= 11 is 0. The van der Waals surface area contributed by atoms with Crippen LogP contribution in [-0.4, -0.2) is 63.7 Å². The van der Waals surface area contributed by atoms with E-state index < -0.39 is 0 Å². The van der Waals surface area contributed by atoms with Crippen molar-refractivity contribution in [2.75, 3.05) is 31.6 Å². The fraction of sp³-hybridized carbons (Fsp3) is 0.519. The van der Waals surface area contributed by atoms with Crippen molar-refractivity contribution >= 4 is 22.6 Å². The highest BCUT2D eigenvalue weighted by atomic mass is 16.5. The molecule has 0 aliphatic carbocycles. The van der Waals surface area contributed by atoms with Gasteiger partial charge in [-0.3, -0.25) is 19.1 Å². The number of aromatic nitrogens is 3. The third-order valence-corrected chi connectivity index (χ3v) is 7.59. The SMILES string of the molecule is Cc1c[nH]c2ccc(CNC(=O)Cn3c(C)cnc(NC[C@H]4CCCN4C4CCOCC4)c3=O)cc12. The smallest absolute Gasteiger partial charge is 0.293 e. The number of fused-ring (bicyclic) bond motifs is 1. The van der Waals surface area contributed by atoms with Crippen LogP contribution in [0.5, 0.6) is 0 Å². The van der Waals surface area contributed by atoms with Gasteiger partial charge in [0.15, 0.2) is 5.82 Å². The number of hydrogen-bond acceptors (Lipinski definition) is 6. The molecule has 0 spiro atoms. The van der Waals surface area contributed by atoms with Crippen LogP contribution in [0.2, 0.25) is 0 Å². The number of carbonyl (C=O) groups excluding carboxylic acids is 1. The molecule has 9 heteroatoms. The summed E-state index contributed by atoms with van der Waals surface area (Å²) in [5, 5.41) is 7.39. The van der Waals surface area contributed by atoms with Crippen LogP contribution in [0.3, 0.4) is 0 Å². The number of amides is 1. The van der Waals surface area contributed by atoms with E-state index >= 15 is 0 Å². The zero-order chi connectivity index (χ0) is 25.1. The Morgan fingerprint density at radius 2 is 2.06 bits per heavy atom. The normalized spacial score (nSPS) is 19.1. The first kappa shape index (κ1) is 24.5. The molecule has 2 saturated heterocycles. The number of nitrogens with zero attached hydrogens (tertiary/aromatic N) is 3. The van der Waals surface area contributed by atoms with Gasteiger partial charge in [-0.1, -0.05) is 6.07 Å². The fourth-order valence-electron chi connectivity index (χ4n) is 5.50. The molecule has 2 fully saturated rings. The number of ether oxygens (including phenoxy) is 1. The number of aromatic amines is 1. The average molecular weight is 493 g/mol. The molecule has 3 N–H and O–H groups in total. The minimum atomic E-state index is -0.259. The van der Waals surface area contributed by atoms with Crippen molar-refractivity contribution in [1.82, 2.24) is 24.8 Å². The number of H-pyrrole nitrogens is 1. The summed E-state index contributed by atoms with van der Waals surface area (Å²) in [6.45, 7) is 7.66. The second kappa shape index (κ2) is 10.8. The third kappa shape index (κ3) is 5.32. The lowest BCUT2D eigenvalue weighted by Crippen LogP contribution is -2.45. The first-order valence-electron chi connectivity index (χ1n) is 13.0. The van der Waals surface area contributed by atoms with Crippen molar-refractivity contribution in [2.24, 2.45) is 0 Å². The zero-order valence-corrected chi connectivity index (χ0v) is 21.2. The van der Waals surface area contributed by atoms with Gasteiger partial charge in [0, 0.05) is 67.4 Å². The molecule has 36 heavy (non-hydrogen) atoms. The number of carbonyl (C=O) groups is 1. The summed E-state index contributed by atoms with van der Waals surface area (Å²) in [4.78, 5) is 36.1. The molecule has 1 amide bonds. The minimum absolute atomic E-state index is 0.0368. The number of nitrogens with one attached hydrogen (secondary N) is 3. The lowest BCUT2D eigenvalue weighted by atomic mass is 10.1. The molecule has 0 bridgehead atoms. The summed E-state index contributed by atoms with van der Waals surface area (Å²) in [7, 11) is 0. The van der Waals surface area contributed by atoms with Gasteiger partial charge in [-0.25, -0.2) is 4.98 Å². The average Bonchev–Trinajstić information content (AvgIpc) is 3.52. The number of rotatable bonds is 8. The molecule has 2 aromatic heterocycles. The van der Waals surface area contributed by atoms with E-state index in [1.54, 1.807) is 13.1 Å². The highest BCUT2D eigenvalue weighted by Crippen LogP contribution is 2.25. The largest absolute Gasteiger partial charge is 0.381 e. The Kier molecular flexibility index (Phi) is 7.38. The van der Waals surface area contributed by atoms with Crippen molar-refractivity contribution in [3.8, 4) is 0 Å². The molecule has 2 aliphatic heterocycles. The van der Waals surface area contributed by atoms with Crippen molar-refractivity contribution in [3.05, 3.63) is 57.8 Å². The Bertz CT molecular complexity index is 1280. The van der Waals surface area contributed by atoms with Gasteiger partial charge in [-0.15, -0.1) is 0 Å². The van der Waals surface area contributed by atoms with Gasteiger partial charge in [-0.05, 0) is 69.3 Å². The molecule has 0 radical (unpaired) electrons. The Hall–Kier alpha value is -3.17. The zero-order valence-electron chi connectivity index (χ0n) is 21.2. The Morgan fingerprint density at radius 3 is 2.89 bits per heavy atom. The topological polar surface area (TPSA) is 104 Å². The van der Waals surface area contributed by atoms with Crippen LogP contribution in [0.1, 0.15) is 42.5 Å². The van der Waals surface area contributed by atoms with Crippen molar-refractivity contribution in [1.29, 1.82) is 0 Å².